The molecular formula is C11H16O4. The van der Waals surface area contributed by atoms with Crippen LogP contribution in [0.3, 0.4) is 0 Å². The maximum Gasteiger partial charge on any atom is 0.317 e. The number of carbonyl (C=O) groups is 2. The van der Waals surface area contributed by atoms with Crippen LogP contribution in [0.15, 0.2) is 25.3 Å². The standard InChI is InChI=1S/C11H16O4/c1-3-5-7-14-10(12)9-11(13)15-8-6-4-2/h3-4H,1-2,5-9H2. The average molecular weight is 212 g/mol. The molecule has 0 atom stereocenters. The van der Waals surface area contributed by atoms with E-state index in [9.17, 15) is 9.59 Å². The molecule has 0 N–H and O–H groups in total. The molecule has 0 saturated heterocycles. The summed E-state index contributed by atoms with van der Waals surface area (Å²) in [6.45, 7) is 7.46. The minimum atomic E-state index is -0.569. The molecule has 0 aliphatic heterocycles. The Morgan fingerprint density at radius 1 is 0.933 bits per heavy atom. The smallest absolute Gasteiger partial charge is 0.317 e. The average Bonchev–Trinajstić information content (AvgIpc) is 2.18. The summed E-state index contributed by atoms with van der Waals surface area (Å²) in [5.74, 6) is -1.14. The SMILES string of the molecule is C=CCCOC(=O)CC(=O)OCCC=C. The summed E-state index contributed by atoms with van der Waals surface area (Å²) >= 11 is 0. The van der Waals surface area contributed by atoms with E-state index in [0.717, 1.165) is 0 Å². The molecule has 15 heavy (non-hydrogen) atoms. The minimum Gasteiger partial charge on any atom is -0.465 e. The minimum absolute atomic E-state index is 0.252. The molecule has 4 heteroatoms. The van der Waals surface area contributed by atoms with Crippen molar-refractivity contribution in [1.29, 1.82) is 0 Å². The van der Waals surface area contributed by atoms with Gasteiger partial charge in [-0.25, -0.2) is 0 Å². The number of hydrogen-bond donors (Lipinski definition) is 0. The summed E-state index contributed by atoms with van der Waals surface area (Å²) in [5, 5.41) is 0. The van der Waals surface area contributed by atoms with Crippen LogP contribution in [0.4, 0.5) is 0 Å². The van der Waals surface area contributed by atoms with Crippen molar-refractivity contribution in [2.24, 2.45) is 0 Å². The zero-order valence-electron chi connectivity index (χ0n) is 8.74. The number of rotatable bonds is 8. The molecule has 0 unspecified atom stereocenters. The Kier molecular flexibility index (Phi) is 8.05. The van der Waals surface area contributed by atoms with Crippen molar-refractivity contribution >= 4 is 11.9 Å². The van der Waals surface area contributed by atoms with Crippen molar-refractivity contribution in [2.75, 3.05) is 13.2 Å². The van der Waals surface area contributed by atoms with Gasteiger partial charge in [0.2, 0.25) is 0 Å². The van der Waals surface area contributed by atoms with Crippen molar-refractivity contribution in [3.8, 4) is 0 Å². The molecule has 0 bridgehead atoms. The normalized spacial score (nSPS) is 9.07. The van der Waals surface area contributed by atoms with Gasteiger partial charge in [0, 0.05) is 0 Å². The first-order chi connectivity index (χ1) is 7.20. The topological polar surface area (TPSA) is 52.6 Å². The van der Waals surface area contributed by atoms with Gasteiger partial charge in [-0.05, 0) is 12.8 Å². The van der Waals surface area contributed by atoms with Gasteiger partial charge in [-0.3, -0.25) is 9.59 Å². The van der Waals surface area contributed by atoms with Gasteiger partial charge in [0.15, 0.2) is 0 Å². The number of esters is 2. The highest BCUT2D eigenvalue weighted by Gasteiger charge is 2.10. The van der Waals surface area contributed by atoms with Crippen LogP contribution in [0.25, 0.3) is 0 Å². The van der Waals surface area contributed by atoms with E-state index in [-0.39, 0.29) is 19.6 Å². The molecule has 0 saturated carbocycles. The van der Waals surface area contributed by atoms with E-state index in [0.29, 0.717) is 12.8 Å². The van der Waals surface area contributed by atoms with Crippen molar-refractivity contribution in [1.82, 2.24) is 0 Å². The van der Waals surface area contributed by atoms with Gasteiger partial charge >= 0.3 is 11.9 Å². The van der Waals surface area contributed by atoms with Gasteiger partial charge in [-0.15, -0.1) is 13.2 Å². The van der Waals surface area contributed by atoms with E-state index in [1.807, 2.05) is 0 Å². The summed E-state index contributed by atoms with van der Waals surface area (Å²) in [6.07, 6.45) is 4.09. The lowest BCUT2D eigenvalue weighted by Gasteiger charge is -2.03. The molecule has 0 aliphatic carbocycles. The van der Waals surface area contributed by atoms with E-state index in [1.54, 1.807) is 12.2 Å². The Morgan fingerprint density at radius 2 is 1.33 bits per heavy atom. The predicted molar refractivity (Wildman–Crippen MR) is 56.2 cm³/mol. The molecule has 0 aliphatic rings. The molecule has 0 aromatic rings. The first-order valence-electron chi connectivity index (χ1n) is 4.73. The predicted octanol–water partition coefficient (Wildman–Crippen LogP) is 1.62. The van der Waals surface area contributed by atoms with E-state index in [4.69, 9.17) is 9.47 Å². The monoisotopic (exact) mass is 212 g/mol. The summed E-state index contributed by atoms with van der Waals surface area (Å²) in [7, 11) is 0. The van der Waals surface area contributed by atoms with Crippen LogP contribution in [0, 0.1) is 0 Å². The van der Waals surface area contributed by atoms with Gasteiger partial charge in [0.05, 0.1) is 13.2 Å². The summed E-state index contributed by atoms with van der Waals surface area (Å²) < 4.78 is 9.46. The lowest BCUT2D eigenvalue weighted by molar-refractivity contribution is -0.154. The van der Waals surface area contributed by atoms with Crippen LogP contribution >= 0.6 is 0 Å². The van der Waals surface area contributed by atoms with Crippen LogP contribution < -0.4 is 0 Å². The molecule has 0 aromatic carbocycles. The first kappa shape index (κ1) is 13.4. The third-order valence-electron chi connectivity index (χ3n) is 1.46. The molecular weight excluding hydrogens is 196 g/mol. The summed E-state index contributed by atoms with van der Waals surface area (Å²) in [5.41, 5.74) is 0. The third-order valence-corrected chi connectivity index (χ3v) is 1.46. The molecule has 4 nitrogen and oxygen atoms in total. The maximum atomic E-state index is 11.0. The molecule has 0 rings (SSSR count). The van der Waals surface area contributed by atoms with E-state index < -0.39 is 11.9 Å². The van der Waals surface area contributed by atoms with Gasteiger partial charge in [-0.1, -0.05) is 12.2 Å². The van der Waals surface area contributed by atoms with Gasteiger partial charge in [0.1, 0.15) is 6.42 Å². The van der Waals surface area contributed by atoms with Crippen LogP contribution in [0.5, 0.6) is 0 Å². The third kappa shape index (κ3) is 8.74. The quantitative estimate of drug-likeness (QED) is 0.265. The van der Waals surface area contributed by atoms with E-state index in [1.165, 1.54) is 0 Å². The van der Waals surface area contributed by atoms with Crippen molar-refractivity contribution in [3.63, 3.8) is 0 Å². The Hall–Kier alpha value is -1.58. The highest BCUT2D eigenvalue weighted by atomic mass is 16.6. The molecule has 0 amide bonds. The Labute approximate surface area is 89.6 Å². The fraction of sp³-hybridized carbons (Fsp3) is 0.455. The molecule has 0 fully saturated rings. The Balaban J connectivity index is 3.52. The van der Waals surface area contributed by atoms with E-state index in [2.05, 4.69) is 13.2 Å². The van der Waals surface area contributed by atoms with Crippen LogP contribution in [-0.2, 0) is 19.1 Å². The second kappa shape index (κ2) is 8.99. The number of ether oxygens (including phenoxy) is 2. The summed E-state index contributed by atoms with van der Waals surface area (Å²) in [6, 6.07) is 0. The lowest BCUT2D eigenvalue weighted by atomic mass is 10.4. The molecule has 0 radical (unpaired) electrons. The Bertz CT molecular complexity index is 209. The Morgan fingerprint density at radius 3 is 1.67 bits per heavy atom. The van der Waals surface area contributed by atoms with Crippen molar-refractivity contribution < 1.29 is 19.1 Å². The van der Waals surface area contributed by atoms with E-state index >= 15 is 0 Å². The zero-order valence-corrected chi connectivity index (χ0v) is 8.74. The second-order valence-corrected chi connectivity index (χ2v) is 2.77. The largest absolute Gasteiger partial charge is 0.465 e. The lowest BCUT2D eigenvalue weighted by Crippen LogP contribution is -2.14. The fourth-order valence-corrected chi connectivity index (χ4v) is 0.732. The second-order valence-electron chi connectivity index (χ2n) is 2.77. The fourth-order valence-electron chi connectivity index (χ4n) is 0.732. The van der Waals surface area contributed by atoms with Gasteiger partial charge in [0.25, 0.3) is 0 Å². The van der Waals surface area contributed by atoms with Crippen LogP contribution in [0.1, 0.15) is 19.3 Å². The highest BCUT2D eigenvalue weighted by Crippen LogP contribution is 1.94. The molecule has 0 spiro atoms. The van der Waals surface area contributed by atoms with Crippen molar-refractivity contribution in [3.05, 3.63) is 25.3 Å². The van der Waals surface area contributed by atoms with Crippen molar-refractivity contribution in [2.45, 2.75) is 19.3 Å². The summed E-state index contributed by atoms with van der Waals surface area (Å²) in [4.78, 5) is 22.0. The molecule has 0 aromatic heterocycles. The van der Waals surface area contributed by atoms with Gasteiger partial charge < -0.3 is 9.47 Å². The van der Waals surface area contributed by atoms with Crippen LogP contribution in [0.2, 0.25) is 0 Å². The number of hydrogen-bond acceptors (Lipinski definition) is 4. The zero-order chi connectivity index (χ0) is 11.5. The first-order valence-corrected chi connectivity index (χ1v) is 4.73. The van der Waals surface area contributed by atoms with Crippen LogP contribution in [-0.4, -0.2) is 25.2 Å². The maximum absolute atomic E-state index is 11.0. The molecule has 84 valence electrons. The van der Waals surface area contributed by atoms with Gasteiger partial charge in [-0.2, -0.15) is 0 Å². The highest BCUT2D eigenvalue weighted by molar-refractivity contribution is 5.91. The molecule has 0 heterocycles. The number of carbonyl (C=O) groups excluding carboxylic acids is 2.